The summed E-state index contributed by atoms with van der Waals surface area (Å²) in [4.78, 5) is 40.1. The Morgan fingerprint density at radius 2 is 1.69 bits per heavy atom. The first-order valence-electron chi connectivity index (χ1n) is 12.5. The van der Waals surface area contributed by atoms with Crippen LogP contribution in [0.5, 0.6) is 11.5 Å². The number of hydrogen-bond acceptors (Lipinski definition) is 5. The van der Waals surface area contributed by atoms with Gasteiger partial charge in [0, 0.05) is 10.6 Å². The van der Waals surface area contributed by atoms with Crippen LogP contribution < -0.4 is 19.7 Å². The van der Waals surface area contributed by atoms with E-state index in [4.69, 9.17) is 21.1 Å². The number of fused-ring (bicyclic) bond motifs is 1. The highest BCUT2D eigenvalue weighted by molar-refractivity contribution is 6.39. The second kappa shape index (κ2) is 11.4. The van der Waals surface area contributed by atoms with Gasteiger partial charge in [-0.05, 0) is 71.3 Å². The quantitative estimate of drug-likeness (QED) is 0.203. The highest BCUT2D eigenvalue weighted by Gasteiger charge is 2.37. The first-order chi connectivity index (χ1) is 18.9. The Kier molecular flexibility index (Phi) is 7.61. The van der Waals surface area contributed by atoms with Crippen LogP contribution in [0.3, 0.4) is 0 Å². The zero-order chi connectivity index (χ0) is 27.4. The van der Waals surface area contributed by atoms with E-state index in [0.29, 0.717) is 34.4 Å². The molecule has 196 valence electrons. The molecular formula is C31H25ClN2O5. The second-order valence-electron chi connectivity index (χ2n) is 8.92. The zero-order valence-corrected chi connectivity index (χ0v) is 21.9. The topological polar surface area (TPSA) is 84.9 Å². The lowest BCUT2D eigenvalue weighted by atomic mass is 9.99. The van der Waals surface area contributed by atoms with Crippen LogP contribution in [0.1, 0.15) is 24.5 Å². The van der Waals surface area contributed by atoms with E-state index in [1.165, 1.54) is 6.08 Å². The first-order valence-corrected chi connectivity index (χ1v) is 12.9. The Morgan fingerprint density at radius 3 is 2.46 bits per heavy atom. The van der Waals surface area contributed by atoms with Gasteiger partial charge in [-0.25, -0.2) is 9.69 Å². The normalized spacial score (nSPS) is 14.6. The summed E-state index contributed by atoms with van der Waals surface area (Å²) >= 11 is 6.12. The summed E-state index contributed by atoms with van der Waals surface area (Å²) in [5.74, 6) is -0.421. The van der Waals surface area contributed by atoms with Gasteiger partial charge in [0.05, 0.1) is 12.3 Å². The number of amides is 4. The molecule has 8 heteroatoms. The van der Waals surface area contributed by atoms with Crippen molar-refractivity contribution in [3.63, 3.8) is 0 Å². The van der Waals surface area contributed by atoms with E-state index < -0.39 is 17.8 Å². The van der Waals surface area contributed by atoms with Crippen molar-refractivity contribution in [2.45, 2.75) is 20.0 Å². The third kappa shape index (κ3) is 5.63. The lowest BCUT2D eigenvalue weighted by molar-refractivity contribution is -0.122. The molecule has 0 bridgehead atoms. The van der Waals surface area contributed by atoms with Gasteiger partial charge in [-0.2, -0.15) is 0 Å². The fourth-order valence-corrected chi connectivity index (χ4v) is 4.50. The van der Waals surface area contributed by atoms with Crippen LogP contribution in [0.2, 0.25) is 5.02 Å². The molecule has 1 N–H and O–H groups in total. The van der Waals surface area contributed by atoms with E-state index in [1.807, 2.05) is 49.4 Å². The van der Waals surface area contributed by atoms with Gasteiger partial charge in [-0.15, -0.1) is 0 Å². The van der Waals surface area contributed by atoms with E-state index in [1.54, 1.807) is 42.5 Å². The molecule has 1 saturated heterocycles. The number of nitrogens with one attached hydrogen (secondary N) is 1. The molecule has 4 amide bonds. The summed E-state index contributed by atoms with van der Waals surface area (Å²) in [7, 11) is 0. The third-order valence-corrected chi connectivity index (χ3v) is 6.41. The molecule has 7 nitrogen and oxygen atoms in total. The molecule has 4 aromatic carbocycles. The Labute approximate surface area is 230 Å². The van der Waals surface area contributed by atoms with E-state index in [0.717, 1.165) is 27.7 Å². The fourth-order valence-electron chi connectivity index (χ4n) is 4.29. The van der Waals surface area contributed by atoms with E-state index >= 15 is 0 Å². The first kappa shape index (κ1) is 26.0. The highest BCUT2D eigenvalue weighted by atomic mass is 35.5. The van der Waals surface area contributed by atoms with Crippen molar-refractivity contribution in [3.05, 3.63) is 107 Å². The van der Waals surface area contributed by atoms with Crippen molar-refractivity contribution < 1.29 is 23.9 Å². The molecule has 0 spiro atoms. The summed E-state index contributed by atoms with van der Waals surface area (Å²) in [5.41, 5.74) is 1.54. The average Bonchev–Trinajstić information content (AvgIpc) is 2.94. The number of halogens is 1. The Morgan fingerprint density at radius 1 is 0.897 bits per heavy atom. The number of hydrogen-bond donors (Lipinski definition) is 1. The molecule has 0 radical (unpaired) electrons. The Hall–Kier alpha value is -4.62. The van der Waals surface area contributed by atoms with Crippen molar-refractivity contribution in [2.24, 2.45) is 0 Å². The van der Waals surface area contributed by atoms with Crippen LogP contribution >= 0.6 is 11.6 Å². The van der Waals surface area contributed by atoms with Crippen LogP contribution in [-0.4, -0.2) is 24.5 Å². The highest BCUT2D eigenvalue weighted by Crippen LogP contribution is 2.33. The fraction of sp³-hybridized carbons (Fsp3) is 0.129. The number of benzene rings is 4. The summed E-state index contributed by atoms with van der Waals surface area (Å²) in [6.07, 6.45) is 2.33. The van der Waals surface area contributed by atoms with Crippen molar-refractivity contribution in [1.29, 1.82) is 0 Å². The molecule has 4 aromatic rings. The standard InChI is InChI=1S/C31H25ClN2O5/c1-2-16-38-24-13-11-23(12-14-24)34-30(36)27(29(35)33-31(34)37)18-26-25-9-4-3-7-21(25)10-15-28(26)39-19-20-6-5-8-22(32)17-20/h3-15,17-18H,2,16,19H2,1H3,(H,33,35,37)/b27-18-. The molecular weight excluding hydrogens is 516 g/mol. The molecule has 5 rings (SSSR count). The summed E-state index contributed by atoms with van der Waals surface area (Å²) in [6.45, 7) is 2.78. The largest absolute Gasteiger partial charge is 0.494 e. The van der Waals surface area contributed by atoms with Crippen LogP contribution in [0.4, 0.5) is 10.5 Å². The van der Waals surface area contributed by atoms with Crippen LogP contribution in [0.15, 0.2) is 90.5 Å². The number of carbonyl (C=O) groups excluding carboxylic acids is 3. The number of ether oxygens (including phenoxy) is 2. The van der Waals surface area contributed by atoms with Crippen LogP contribution in [0, 0.1) is 0 Å². The number of carbonyl (C=O) groups is 3. The van der Waals surface area contributed by atoms with E-state index in [-0.39, 0.29) is 12.2 Å². The predicted molar refractivity (Wildman–Crippen MR) is 151 cm³/mol. The third-order valence-electron chi connectivity index (χ3n) is 6.17. The molecule has 1 fully saturated rings. The summed E-state index contributed by atoms with van der Waals surface area (Å²) < 4.78 is 11.7. The molecule has 0 saturated carbocycles. The zero-order valence-electron chi connectivity index (χ0n) is 21.1. The van der Waals surface area contributed by atoms with Crippen molar-refractivity contribution in [2.75, 3.05) is 11.5 Å². The summed E-state index contributed by atoms with van der Waals surface area (Å²) in [5, 5.41) is 4.56. The minimum absolute atomic E-state index is 0.190. The molecule has 0 aliphatic carbocycles. The minimum Gasteiger partial charge on any atom is -0.494 e. The molecule has 1 aliphatic heterocycles. The van der Waals surface area contributed by atoms with Crippen molar-refractivity contribution in [1.82, 2.24) is 5.32 Å². The maximum absolute atomic E-state index is 13.6. The van der Waals surface area contributed by atoms with Gasteiger partial charge >= 0.3 is 6.03 Å². The number of imide groups is 2. The van der Waals surface area contributed by atoms with E-state index in [2.05, 4.69) is 5.32 Å². The molecule has 0 aromatic heterocycles. The maximum atomic E-state index is 13.6. The van der Waals surface area contributed by atoms with Gasteiger partial charge in [0.25, 0.3) is 11.8 Å². The minimum atomic E-state index is -0.820. The van der Waals surface area contributed by atoms with Crippen molar-refractivity contribution in [3.8, 4) is 11.5 Å². The molecule has 1 aliphatic rings. The summed E-state index contributed by atoms with van der Waals surface area (Å²) in [6, 6.07) is 24.4. The number of nitrogens with zero attached hydrogens (tertiary/aromatic N) is 1. The SMILES string of the molecule is CCCOc1ccc(N2C(=O)NC(=O)/C(=C/c3c(OCc4cccc(Cl)c4)ccc4ccccc34)C2=O)cc1. The molecule has 0 unspecified atom stereocenters. The van der Waals surface area contributed by atoms with Gasteiger partial charge in [0.15, 0.2) is 0 Å². The van der Waals surface area contributed by atoms with Crippen LogP contribution in [-0.2, 0) is 16.2 Å². The number of barbiturate groups is 1. The average molecular weight is 541 g/mol. The van der Waals surface area contributed by atoms with Crippen LogP contribution in [0.25, 0.3) is 16.8 Å². The second-order valence-corrected chi connectivity index (χ2v) is 9.35. The Balaban J connectivity index is 1.52. The predicted octanol–water partition coefficient (Wildman–Crippen LogP) is 6.53. The lowest BCUT2D eigenvalue weighted by Crippen LogP contribution is -2.54. The molecule has 0 atom stereocenters. The molecule has 39 heavy (non-hydrogen) atoms. The number of urea groups is 1. The monoisotopic (exact) mass is 540 g/mol. The maximum Gasteiger partial charge on any atom is 0.335 e. The van der Waals surface area contributed by atoms with Crippen molar-refractivity contribution >= 4 is 52.0 Å². The smallest absolute Gasteiger partial charge is 0.335 e. The van der Waals surface area contributed by atoms with Gasteiger partial charge in [0.2, 0.25) is 0 Å². The van der Waals surface area contributed by atoms with Gasteiger partial charge < -0.3 is 9.47 Å². The van der Waals surface area contributed by atoms with Gasteiger partial charge in [-0.1, -0.05) is 61.0 Å². The lowest BCUT2D eigenvalue weighted by Gasteiger charge is -2.26. The number of rotatable bonds is 8. The molecule has 1 heterocycles. The van der Waals surface area contributed by atoms with E-state index in [9.17, 15) is 14.4 Å². The Bertz CT molecular complexity index is 1600. The van der Waals surface area contributed by atoms with Gasteiger partial charge in [0.1, 0.15) is 23.7 Å². The number of anilines is 1. The van der Waals surface area contributed by atoms with Gasteiger partial charge in [-0.3, -0.25) is 14.9 Å².